The molecular weight excluding hydrogens is 969 g/mol. The Morgan fingerprint density at radius 1 is 0.597 bits per heavy atom. The average Bonchev–Trinajstić information content (AvgIpc) is 3.55. The Hall–Kier alpha value is -7.21. The highest BCUT2D eigenvalue weighted by Gasteiger charge is 2.49. The maximum Gasteiger partial charge on any atom is 0.377 e. The van der Waals surface area contributed by atoms with Crippen LogP contribution in [0.5, 0.6) is 0 Å². The molecule has 3 amide bonds. The molecular formula is C38H36N8O17S4. The molecule has 5 aromatic rings. The lowest BCUT2D eigenvalue weighted by atomic mass is 10.1. The van der Waals surface area contributed by atoms with Crippen LogP contribution in [0.4, 0.5) is 21.9 Å². The smallest absolute Gasteiger partial charge is 0.361 e. The van der Waals surface area contributed by atoms with Gasteiger partial charge in [0.05, 0.1) is 34.4 Å². The molecule has 0 unspecified atom stereocenters. The standard InChI is InChI=1S/C38H36N8O17S4/c1-27-26-36(39-63-27)37(47)41(64(55,56)32-16-8-29(9-17-32)43(49)50)25-22-28-6-14-34(15-7-28)66(59,60)46(67(61,62)35-20-12-31(13-21-35)45(53)54)38(48)42(40-23-4-2-3-5-24-40)65(57,58)33-18-10-30(11-19-33)44(51)52/h6-21,26H,2-5,22-25H2,1H3. The van der Waals surface area contributed by atoms with Crippen molar-refractivity contribution in [3.8, 4) is 0 Å². The molecule has 67 heavy (non-hydrogen) atoms. The largest absolute Gasteiger partial charge is 0.377 e. The van der Waals surface area contributed by atoms with E-state index >= 15 is 0 Å². The van der Waals surface area contributed by atoms with Crippen LogP contribution in [-0.2, 0) is 46.5 Å². The fourth-order valence-corrected chi connectivity index (χ4v) is 13.0. The lowest BCUT2D eigenvalue weighted by Crippen LogP contribution is -2.57. The molecule has 2 heterocycles. The van der Waals surface area contributed by atoms with Gasteiger partial charge in [0.2, 0.25) is 0 Å². The molecule has 0 aliphatic carbocycles. The second-order valence-corrected chi connectivity index (χ2v) is 21.9. The fraction of sp³-hybridized carbons (Fsp3) is 0.237. The summed E-state index contributed by atoms with van der Waals surface area (Å²) in [4.78, 5) is 56.7. The van der Waals surface area contributed by atoms with Crippen LogP contribution in [0.2, 0.25) is 0 Å². The summed E-state index contributed by atoms with van der Waals surface area (Å²) in [6.45, 7) is 0.382. The van der Waals surface area contributed by atoms with E-state index in [1.54, 1.807) is 0 Å². The quantitative estimate of drug-likeness (QED) is 0.0949. The van der Waals surface area contributed by atoms with Crippen LogP contribution in [0.1, 0.15) is 47.5 Å². The minimum absolute atomic E-state index is 0.0400. The highest BCUT2D eigenvalue weighted by Crippen LogP contribution is 2.32. The normalized spacial score (nSPS) is 13.8. The van der Waals surface area contributed by atoms with Crippen LogP contribution in [0, 0.1) is 37.3 Å². The summed E-state index contributed by atoms with van der Waals surface area (Å²) in [7, 11) is -21.5. The van der Waals surface area contributed by atoms with Gasteiger partial charge in [-0.05, 0) is 80.3 Å². The number of nitrogens with zero attached hydrogens (tertiary/aromatic N) is 8. The molecule has 29 heteroatoms. The first-order valence-electron chi connectivity index (χ1n) is 19.5. The van der Waals surface area contributed by atoms with Crippen LogP contribution in [0.15, 0.2) is 127 Å². The number of aromatic nitrogens is 1. The summed E-state index contributed by atoms with van der Waals surface area (Å²) in [5.41, 5.74) is -1.92. The first kappa shape index (κ1) is 49.2. The van der Waals surface area contributed by atoms with E-state index in [9.17, 15) is 73.6 Å². The van der Waals surface area contributed by atoms with Crippen molar-refractivity contribution >= 4 is 69.1 Å². The number of rotatable bonds is 16. The van der Waals surface area contributed by atoms with Gasteiger partial charge < -0.3 is 4.52 Å². The second-order valence-electron chi connectivity index (χ2n) is 14.5. The molecule has 0 bridgehead atoms. The van der Waals surface area contributed by atoms with Gasteiger partial charge in [-0.25, -0.2) is 22.5 Å². The zero-order valence-electron chi connectivity index (χ0n) is 34.6. The Labute approximate surface area is 381 Å². The van der Waals surface area contributed by atoms with E-state index < -0.39 is 119 Å². The zero-order valence-corrected chi connectivity index (χ0v) is 37.9. The minimum Gasteiger partial charge on any atom is -0.361 e. The molecule has 0 saturated carbocycles. The number of hydrazine groups is 1. The summed E-state index contributed by atoms with van der Waals surface area (Å²) >= 11 is 0. The summed E-state index contributed by atoms with van der Waals surface area (Å²) < 4.78 is 120. The van der Waals surface area contributed by atoms with Gasteiger partial charge in [-0.3, -0.25) is 35.1 Å². The SMILES string of the molecule is Cc1cc(C(=O)N(CCc2ccc(S(=O)(=O)N(C(=O)N(N3CCCCCC3)S(=O)(=O)c3ccc([N+](=O)[O-])cc3)S(=O)(=O)c3ccc([N+](=O)[O-])cc3)cc2)S(=O)(=O)c2ccc([N+](=O)[O-])cc2)no1. The van der Waals surface area contributed by atoms with Crippen LogP contribution in [0.3, 0.4) is 0 Å². The maximum atomic E-state index is 14.9. The van der Waals surface area contributed by atoms with E-state index in [1.807, 2.05) is 0 Å². The molecule has 0 radical (unpaired) electrons. The van der Waals surface area contributed by atoms with Crippen molar-refractivity contribution in [1.29, 1.82) is 0 Å². The Kier molecular flexibility index (Phi) is 14.2. The first-order valence-corrected chi connectivity index (χ1v) is 25.2. The van der Waals surface area contributed by atoms with Crippen molar-refractivity contribution in [3.05, 3.63) is 150 Å². The van der Waals surface area contributed by atoms with E-state index in [4.69, 9.17) is 4.52 Å². The molecule has 0 atom stereocenters. The van der Waals surface area contributed by atoms with Crippen LogP contribution in [-0.4, -0.2) is 103 Å². The van der Waals surface area contributed by atoms with Crippen molar-refractivity contribution in [2.24, 2.45) is 0 Å². The Balaban J connectivity index is 1.42. The number of sulfonamides is 4. The molecule has 0 spiro atoms. The molecule has 25 nitrogen and oxygen atoms in total. The van der Waals surface area contributed by atoms with Gasteiger partial charge in [-0.15, -0.1) is 8.12 Å². The van der Waals surface area contributed by atoms with Crippen LogP contribution >= 0.6 is 0 Å². The number of carbonyl (C=O) groups is 2. The molecule has 1 saturated heterocycles. The molecule has 1 fully saturated rings. The van der Waals surface area contributed by atoms with Crippen molar-refractivity contribution in [2.75, 3.05) is 19.6 Å². The molecule has 0 N–H and O–H groups in total. The van der Waals surface area contributed by atoms with Gasteiger partial charge in [0.1, 0.15) is 5.76 Å². The maximum absolute atomic E-state index is 14.9. The summed E-state index contributed by atoms with van der Waals surface area (Å²) in [5, 5.41) is 38.5. The van der Waals surface area contributed by atoms with E-state index in [2.05, 4.69) is 5.16 Å². The number of amides is 3. The van der Waals surface area contributed by atoms with E-state index in [-0.39, 0.29) is 48.1 Å². The van der Waals surface area contributed by atoms with Gasteiger partial charge in [0.25, 0.3) is 63.1 Å². The Bertz CT molecular complexity index is 3180. The van der Waals surface area contributed by atoms with E-state index in [1.165, 1.54) is 6.92 Å². The van der Waals surface area contributed by atoms with Gasteiger partial charge in [0.15, 0.2) is 5.69 Å². The number of non-ortho nitro benzene ring substituents is 3. The fourth-order valence-electron chi connectivity index (χ4n) is 6.64. The highest BCUT2D eigenvalue weighted by molar-refractivity contribution is 8.05. The number of aryl methyl sites for hydroxylation is 1. The number of hydrogen-bond donors (Lipinski definition) is 0. The number of nitro benzene ring substituents is 3. The molecule has 4 aromatic carbocycles. The van der Waals surface area contributed by atoms with Gasteiger partial charge >= 0.3 is 6.03 Å². The van der Waals surface area contributed by atoms with E-state index in [0.29, 0.717) is 41.4 Å². The lowest BCUT2D eigenvalue weighted by molar-refractivity contribution is -0.385. The first-order chi connectivity index (χ1) is 31.5. The van der Waals surface area contributed by atoms with Crippen LogP contribution in [0.25, 0.3) is 0 Å². The molecule has 1 aliphatic heterocycles. The summed E-state index contributed by atoms with van der Waals surface area (Å²) in [5.74, 6) is -1.02. The number of carbonyl (C=O) groups excluding carboxylic acids is 2. The van der Waals surface area contributed by atoms with Crippen molar-refractivity contribution in [3.63, 3.8) is 0 Å². The van der Waals surface area contributed by atoms with Crippen molar-refractivity contribution in [2.45, 2.75) is 58.6 Å². The summed E-state index contributed by atoms with van der Waals surface area (Å²) in [6, 6.07) is 12.2. The molecule has 354 valence electrons. The predicted molar refractivity (Wildman–Crippen MR) is 230 cm³/mol. The number of urea groups is 1. The monoisotopic (exact) mass is 1000 g/mol. The Morgan fingerprint density at radius 3 is 1.37 bits per heavy atom. The summed E-state index contributed by atoms with van der Waals surface area (Å²) in [6.07, 6.45) is 1.26. The minimum atomic E-state index is -5.74. The molecule has 1 aliphatic rings. The second kappa shape index (κ2) is 19.3. The van der Waals surface area contributed by atoms with Gasteiger partial charge in [-0.1, -0.05) is 30.1 Å². The van der Waals surface area contributed by atoms with E-state index in [0.717, 1.165) is 83.9 Å². The Morgan fingerprint density at radius 2 is 0.985 bits per heavy atom. The third-order valence-electron chi connectivity index (χ3n) is 10.0. The lowest BCUT2D eigenvalue weighted by Gasteiger charge is -2.35. The third kappa shape index (κ3) is 10.3. The third-order valence-corrected chi connectivity index (χ3v) is 17.7. The predicted octanol–water partition coefficient (Wildman–Crippen LogP) is 4.76. The molecule has 1 aromatic heterocycles. The topological polar surface area (TPSA) is 339 Å². The molecule has 6 rings (SSSR count). The van der Waals surface area contributed by atoms with Crippen LogP contribution < -0.4 is 0 Å². The average molecular weight is 1010 g/mol. The van der Waals surface area contributed by atoms with Gasteiger partial charge in [0, 0.05) is 62.1 Å². The number of nitro groups is 3. The highest BCUT2D eigenvalue weighted by atomic mass is 32.3. The zero-order chi connectivity index (χ0) is 49.1. The number of benzene rings is 4. The van der Waals surface area contributed by atoms with Crippen molar-refractivity contribution < 1.29 is 62.6 Å². The number of hydrogen-bond acceptors (Lipinski definition) is 19. The van der Waals surface area contributed by atoms with Crippen molar-refractivity contribution in [1.82, 2.24) is 22.6 Å². The van der Waals surface area contributed by atoms with Gasteiger partial charge in [-0.2, -0.15) is 25.3 Å².